The second kappa shape index (κ2) is 7.82. The number of nitrogens with zero attached hydrogens (tertiary/aromatic N) is 2. The van der Waals surface area contributed by atoms with Crippen molar-refractivity contribution in [2.24, 2.45) is 0 Å². The zero-order valence-corrected chi connectivity index (χ0v) is 15.9. The molecule has 0 unspecified atom stereocenters. The Morgan fingerprint density at radius 1 is 1.04 bits per heavy atom. The fraction of sp³-hybridized carbons (Fsp3) is 0.0625. The molecule has 6 nitrogen and oxygen atoms in total. The average molecular weight is 449 g/mol. The van der Waals surface area contributed by atoms with E-state index in [1.165, 1.54) is 30.3 Å². The standard InChI is InChI=1S/C16H9Cl2F3N4O2S/c17-8-1-3-9(4-2-8)25-13(16(19,20)21)10(7-22-25)14(26)23-24-15(27)12-11(18)5-6-28-12/h1-7H,(H,23,26)(H,24,27). The lowest BCUT2D eigenvalue weighted by atomic mass is 10.2. The van der Waals surface area contributed by atoms with E-state index in [0.717, 1.165) is 17.5 Å². The Hall–Kier alpha value is -2.56. The lowest BCUT2D eigenvalue weighted by Crippen LogP contribution is -2.42. The number of carbonyl (C=O) groups is 2. The monoisotopic (exact) mass is 448 g/mol. The first-order valence-electron chi connectivity index (χ1n) is 7.43. The molecule has 2 aromatic heterocycles. The first-order chi connectivity index (χ1) is 13.2. The normalized spacial score (nSPS) is 11.3. The molecule has 12 heteroatoms. The van der Waals surface area contributed by atoms with Gasteiger partial charge in [0.15, 0.2) is 5.69 Å². The van der Waals surface area contributed by atoms with Crippen LogP contribution < -0.4 is 10.9 Å². The number of rotatable bonds is 3. The van der Waals surface area contributed by atoms with Gasteiger partial charge < -0.3 is 0 Å². The molecule has 0 aliphatic heterocycles. The average Bonchev–Trinajstić information content (AvgIpc) is 3.26. The molecule has 146 valence electrons. The number of alkyl halides is 3. The topological polar surface area (TPSA) is 76.0 Å². The van der Waals surface area contributed by atoms with Crippen LogP contribution in [0.15, 0.2) is 41.9 Å². The van der Waals surface area contributed by atoms with Gasteiger partial charge in [-0.3, -0.25) is 20.4 Å². The van der Waals surface area contributed by atoms with E-state index in [2.05, 4.69) is 5.10 Å². The first-order valence-corrected chi connectivity index (χ1v) is 9.07. The van der Waals surface area contributed by atoms with Gasteiger partial charge in [0.25, 0.3) is 11.8 Å². The Morgan fingerprint density at radius 2 is 1.68 bits per heavy atom. The fourth-order valence-corrected chi connectivity index (χ4v) is 3.42. The predicted molar refractivity (Wildman–Crippen MR) is 97.8 cm³/mol. The van der Waals surface area contributed by atoms with Crippen LogP contribution in [0.4, 0.5) is 13.2 Å². The second-order valence-corrected chi connectivity index (χ2v) is 7.06. The van der Waals surface area contributed by atoms with Gasteiger partial charge in [-0.2, -0.15) is 18.3 Å². The summed E-state index contributed by atoms with van der Waals surface area (Å²) >= 11 is 12.6. The molecule has 0 aliphatic rings. The Kier molecular flexibility index (Phi) is 5.64. The lowest BCUT2D eigenvalue weighted by Gasteiger charge is -2.13. The number of aromatic nitrogens is 2. The summed E-state index contributed by atoms with van der Waals surface area (Å²) in [6, 6.07) is 6.91. The third kappa shape index (κ3) is 4.13. The SMILES string of the molecule is O=C(NNC(=O)c1sccc1Cl)c1cnn(-c2ccc(Cl)cc2)c1C(F)(F)F. The fourth-order valence-electron chi connectivity index (χ4n) is 2.26. The molecule has 0 radical (unpaired) electrons. The Bertz CT molecular complexity index is 1030. The number of halogens is 5. The van der Waals surface area contributed by atoms with E-state index >= 15 is 0 Å². The molecular weight excluding hydrogens is 440 g/mol. The van der Waals surface area contributed by atoms with E-state index in [9.17, 15) is 22.8 Å². The van der Waals surface area contributed by atoms with Gasteiger partial charge >= 0.3 is 6.18 Å². The van der Waals surface area contributed by atoms with Crippen LogP contribution in [0.2, 0.25) is 10.0 Å². The van der Waals surface area contributed by atoms with E-state index in [1.54, 1.807) is 5.38 Å². The number of nitrogens with one attached hydrogen (secondary N) is 2. The summed E-state index contributed by atoms with van der Waals surface area (Å²) in [6.07, 6.45) is -4.12. The van der Waals surface area contributed by atoms with Crippen LogP contribution in [0.1, 0.15) is 25.7 Å². The van der Waals surface area contributed by atoms with E-state index in [0.29, 0.717) is 9.70 Å². The molecular formula is C16H9Cl2F3N4O2S. The highest BCUT2D eigenvalue weighted by atomic mass is 35.5. The molecule has 28 heavy (non-hydrogen) atoms. The minimum atomic E-state index is -4.89. The number of thiophene rings is 1. The van der Waals surface area contributed by atoms with Crippen LogP contribution in [0.3, 0.4) is 0 Å². The molecule has 0 saturated heterocycles. The second-order valence-electron chi connectivity index (χ2n) is 5.30. The van der Waals surface area contributed by atoms with Gasteiger partial charge in [-0.1, -0.05) is 23.2 Å². The number of benzene rings is 1. The zero-order chi connectivity index (χ0) is 20.5. The van der Waals surface area contributed by atoms with Gasteiger partial charge in [0.05, 0.1) is 22.5 Å². The van der Waals surface area contributed by atoms with Crippen LogP contribution in [0.25, 0.3) is 5.69 Å². The first kappa shape index (κ1) is 20.2. The Morgan fingerprint density at radius 3 is 2.25 bits per heavy atom. The summed E-state index contributed by atoms with van der Waals surface area (Å²) in [6.45, 7) is 0. The number of hydrogen-bond acceptors (Lipinski definition) is 4. The highest BCUT2D eigenvalue weighted by molar-refractivity contribution is 7.12. The van der Waals surface area contributed by atoms with Gasteiger partial charge in [-0.05, 0) is 35.7 Å². The summed E-state index contributed by atoms with van der Waals surface area (Å²) in [5, 5.41) is 5.69. The van der Waals surface area contributed by atoms with Gasteiger partial charge in [-0.25, -0.2) is 4.68 Å². The zero-order valence-electron chi connectivity index (χ0n) is 13.6. The summed E-state index contributed by atoms with van der Waals surface area (Å²) in [4.78, 5) is 24.3. The largest absolute Gasteiger partial charge is 0.434 e. The molecule has 2 N–H and O–H groups in total. The van der Waals surface area contributed by atoms with E-state index in [1.807, 2.05) is 10.9 Å². The van der Waals surface area contributed by atoms with Crippen molar-refractivity contribution >= 4 is 46.4 Å². The van der Waals surface area contributed by atoms with Crippen molar-refractivity contribution in [3.63, 3.8) is 0 Å². The van der Waals surface area contributed by atoms with Crippen LogP contribution in [-0.2, 0) is 6.18 Å². The van der Waals surface area contributed by atoms with E-state index in [4.69, 9.17) is 23.2 Å². The van der Waals surface area contributed by atoms with Crippen LogP contribution in [0, 0.1) is 0 Å². The minimum absolute atomic E-state index is 0.0603. The summed E-state index contributed by atoms with van der Waals surface area (Å²) in [7, 11) is 0. The smallest absolute Gasteiger partial charge is 0.267 e. The highest BCUT2D eigenvalue weighted by Gasteiger charge is 2.40. The maximum Gasteiger partial charge on any atom is 0.434 e. The van der Waals surface area contributed by atoms with Crippen molar-refractivity contribution < 1.29 is 22.8 Å². The summed E-state index contributed by atoms with van der Waals surface area (Å²) < 4.78 is 41.3. The third-order valence-corrected chi connectivity index (χ3v) is 5.06. The maximum atomic E-state index is 13.6. The molecule has 3 aromatic rings. The predicted octanol–water partition coefficient (Wildman–Crippen LogP) is 4.33. The quantitative estimate of drug-likeness (QED) is 0.585. The van der Waals surface area contributed by atoms with Crippen molar-refractivity contribution in [1.82, 2.24) is 20.6 Å². The van der Waals surface area contributed by atoms with Crippen molar-refractivity contribution in [1.29, 1.82) is 0 Å². The molecule has 0 spiro atoms. The molecule has 2 amide bonds. The van der Waals surface area contributed by atoms with Gasteiger partial charge in [0.1, 0.15) is 4.88 Å². The van der Waals surface area contributed by atoms with E-state index < -0.39 is 29.2 Å². The lowest BCUT2D eigenvalue weighted by molar-refractivity contribution is -0.143. The maximum absolute atomic E-state index is 13.6. The number of amides is 2. The van der Waals surface area contributed by atoms with Gasteiger partial charge in [0.2, 0.25) is 0 Å². The van der Waals surface area contributed by atoms with Crippen molar-refractivity contribution in [2.75, 3.05) is 0 Å². The van der Waals surface area contributed by atoms with Crippen molar-refractivity contribution in [2.45, 2.75) is 6.18 Å². The molecule has 0 fully saturated rings. The molecule has 3 rings (SSSR count). The molecule has 0 saturated carbocycles. The third-order valence-electron chi connectivity index (χ3n) is 3.47. The van der Waals surface area contributed by atoms with Gasteiger partial charge in [0, 0.05) is 5.02 Å². The number of hydrogen-bond donors (Lipinski definition) is 2. The number of carbonyl (C=O) groups excluding carboxylic acids is 2. The highest BCUT2D eigenvalue weighted by Crippen LogP contribution is 2.33. The molecule has 0 aliphatic carbocycles. The molecule has 0 atom stereocenters. The molecule has 2 heterocycles. The van der Waals surface area contributed by atoms with Gasteiger partial charge in [-0.15, -0.1) is 11.3 Å². The minimum Gasteiger partial charge on any atom is -0.267 e. The molecule has 0 bridgehead atoms. The van der Waals surface area contributed by atoms with E-state index in [-0.39, 0.29) is 15.6 Å². The Balaban J connectivity index is 1.87. The Labute approximate surface area is 169 Å². The summed E-state index contributed by atoms with van der Waals surface area (Å²) in [5.41, 5.74) is 1.96. The molecule has 1 aromatic carbocycles. The number of hydrazine groups is 1. The van der Waals surface area contributed by atoms with Crippen LogP contribution in [0.5, 0.6) is 0 Å². The van der Waals surface area contributed by atoms with Crippen LogP contribution in [-0.4, -0.2) is 21.6 Å². The summed E-state index contributed by atoms with van der Waals surface area (Å²) in [5.74, 6) is -1.94. The van der Waals surface area contributed by atoms with Crippen LogP contribution >= 0.6 is 34.5 Å². The van der Waals surface area contributed by atoms with Crippen molar-refractivity contribution in [3.8, 4) is 5.69 Å². The van der Waals surface area contributed by atoms with Crippen molar-refractivity contribution in [3.05, 3.63) is 68.1 Å².